The third-order valence-corrected chi connectivity index (χ3v) is 4.89. The van der Waals surface area contributed by atoms with Gasteiger partial charge in [-0.1, -0.05) is 23.7 Å². The SMILES string of the molecule is O=C(COC(=O)c1ccc(-c2ccc(Cl)cc2)s1)NC(=O)NCc1ccco1. The maximum atomic E-state index is 12.1. The molecule has 7 nitrogen and oxygen atoms in total. The molecule has 0 fully saturated rings. The second-order valence-electron chi connectivity index (χ2n) is 5.56. The van der Waals surface area contributed by atoms with Crippen molar-refractivity contribution in [1.82, 2.24) is 10.6 Å². The van der Waals surface area contributed by atoms with Crippen LogP contribution in [0.25, 0.3) is 10.4 Å². The average Bonchev–Trinajstić information content (AvgIpc) is 3.37. The number of nitrogens with one attached hydrogen (secondary N) is 2. The standard InChI is InChI=1S/C19H15ClN2O5S/c20-13-5-3-12(4-6-13)15-7-8-16(28-15)18(24)27-11-17(23)22-19(25)21-10-14-2-1-9-26-14/h1-9H,10-11H2,(H2,21,22,23,25). The summed E-state index contributed by atoms with van der Waals surface area (Å²) in [5, 5.41) is 5.14. The normalized spacial score (nSPS) is 10.3. The predicted molar refractivity (Wildman–Crippen MR) is 104 cm³/mol. The molecule has 144 valence electrons. The molecule has 9 heteroatoms. The van der Waals surface area contributed by atoms with Crippen LogP contribution in [-0.4, -0.2) is 24.5 Å². The number of furan rings is 1. The monoisotopic (exact) mass is 418 g/mol. The van der Waals surface area contributed by atoms with Gasteiger partial charge in [0.2, 0.25) is 0 Å². The molecule has 3 rings (SSSR count). The van der Waals surface area contributed by atoms with Gasteiger partial charge in [-0.25, -0.2) is 9.59 Å². The molecule has 3 amide bonds. The van der Waals surface area contributed by atoms with Crippen molar-refractivity contribution >= 4 is 40.8 Å². The fraction of sp³-hybridized carbons (Fsp3) is 0.105. The van der Waals surface area contributed by atoms with Crippen LogP contribution in [0.3, 0.4) is 0 Å². The fourth-order valence-electron chi connectivity index (χ4n) is 2.21. The van der Waals surface area contributed by atoms with Crippen LogP contribution in [0.4, 0.5) is 4.79 Å². The van der Waals surface area contributed by atoms with Crippen molar-refractivity contribution in [2.24, 2.45) is 0 Å². The van der Waals surface area contributed by atoms with Gasteiger partial charge in [0.15, 0.2) is 6.61 Å². The summed E-state index contributed by atoms with van der Waals surface area (Å²) in [6.45, 7) is -0.435. The minimum Gasteiger partial charge on any atom is -0.467 e. The van der Waals surface area contributed by atoms with Crippen LogP contribution in [0.5, 0.6) is 0 Å². The van der Waals surface area contributed by atoms with E-state index in [-0.39, 0.29) is 6.54 Å². The van der Waals surface area contributed by atoms with Gasteiger partial charge in [0, 0.05) is 9.90 Å². The number of esters is 1. The highest BCUT2D eigenvalue weighted by atomic mass is 35.5. The number of hydrogen-bond donors (Lipinski definition) is 2. The molecular formula is C19H15ClN2O5S. The Kier molecular flexibility index (Phi) is 6.46. The van der Waals surface area contributed by atoms with E-state index >= 15 is 0 Å². The first-order valence-corrected chi connectivity index (χ1v) is 9.33. The van der Waals surface area contributed by atoms with E-state index in [4.69, 9.17) is 20.8 Å². The first-order chi connectivity index (χ1) is 13.5. The molecule has 0 bridgehead atoms. The predicted octanol–water partition coefficient (Wildman–Crippen LogP) is 3.84. The first kappa shape index (κ1) is 19.7. The Hall–Kier alpha value is -3.10. The quantitative estimate of drug-likeness (QED) is 0.592. The Bertz CT molecular complexity index is 967. The van der Waals surface area contributed by atoms with Crippen molar-refractivity contribution in [2.75, 3.05) is 6.61 Å². The molecule has 3 aromatic rings. The minimum absolute atomic E-state index is 0.134. The molecule has 1 aromatic carbocycles. The molecule has 2 N–H and O–H groups in total. The molecule has 2 heterocycles. The lowest BCUT2D eigenvalue weighted by atomic mass is 10.2. The summed E-state index contributed by atoms with van der Waals surface area (Å²) in [4.78, 5) is 36.6. The Balaban J connectivity index is 1.45. The van der Waals surface area contributed by atoms with Gasteiger partial charge in [0.05, 0.1) is 12.8 Å². The summed E-state index contributed by atoms with van der Waals surface area (Å²) in [7, 11) is 0. The van der Waals surface area contributed by atoms with Gasteiger partial charge < -0.3 is 14.5 Å². The third kappa shape index (κ3) is 5.45. The molecule has 0 aliphatic rings. The lowest BCUT2D eigenvalue weighted by molar-refractivity contribution is -0.123. The molecule has 0 spiro atoms. The van der Waals surface area contributed by atoms with Crippen molar-refractivity contribution in [2.45, 2.75) is 6.54 Å². The van der Waals surface area contributed by atoms with Crippen LogP contribution in [0.1, 0.15) is 15.4 Å². The summed E-state index contributed by atoms with van der Waals surface area (Å²) < 4.78 is 10.0. The number of carbonyl (C=O) groups excluding carboxylic acids is 3. The number of benzene rings is 1. The van der Waals surface area contributed by atoms with E-state index in [9.17, 15) is 14.4 Å². The molecule has 28 heavy (non-hydrogen) atoms. The summed E-state index contributed by atoms with van der Waals surface area (Å²) in [6, 6.07) is 13.3. The zero-order valence-corrected chi connectivity index (χ0v) is 16.0. The first-order valence-electron chi connectivity index (χ1n) is 8.14. The lowest BCUT2D eigenvalue weighted by Gasteiger charge is -2.06. The van der Waals surface area contributed by atoms with Gasteiger partial charge in [-0.3, -0.25) is 10.1 Å². The van der Waals surface area contributed by atoms with Crippen LogP contribution >= 0.6 is 22.9 Å². The molecule has 0 aliphatic heterocycles. The number of urea groups is 1. The number of hydrogen-bond acceptors (Lipinski definition) is 6. The van der Waals surface area contributed by atoms with E-state index in [1.165, 1.54) is 17.6 Å². The van der Waals surface area contributed by atoms with E-state index < -0.39 is 24.5 Å². The van der Waals surface area contributed by atoms with Gasteiger partial charge >= 0.3 is 12.0 Å². The third-order valence-electron chi connectivity index (χ3n) is 3.53. The number of amides is 3. The summed E-state index contributed by atoms with van der Waals surface area (Å²) in [5.41, 5.74) is 0.916. The Morgan fingerprint density at radius 1 is 1.07 bits per heavy atom. The van der Waals surface area contributed by atoms with Crippen molar-refractivity contribution in [3.8, 4) is 10.4 Å². The van der Waals surface area contributed by atoms with E-state index in [1.807, 2.05) is 12.1 Å². The van der Waals surface area contributed by atoms with Crippen molar-refractivity contribution in [3.05, 3.63) is 70.5 Å². The van der Waals surface area contributed by atoms with Gasteiger partial charge in [0.1, 0.15) is 10.6 Å². The van der Waals surface area contributed by atoms with Gasteiger partial charge in [0.25, 0.3) is 5.91 Å². The summed E-state index contributed by atoms with van der Waals surface area (Å²) in [6.07, 6.45) is 1.47. The lowest BCUT2D eigenvalue weighted by Crippen LogP contribution is -2.41. The number of halogens is 1. The summed E-state index contributed by atoms with van der Waals surface area (Å²) >= 11 is 7.10. The van der Waals surface area contributed by atoms with Crippen molar-refractivity contribution in [1.29, 1.82) is 0 Å². The van der Waals surface area contributed by atoms with Gasteiger partial charge in [-0.05, 0) is 42.0 Å². The molecule has 0 radical (unpaired) electrons. The second-order valence-corrected chi connectivity index (χ2v) is 7.08. The van der Waals surface area contributed by atoms with Crippen LogP contribution in [0.15, 0.2) is 59.2 Å². The number of carbonyl (C=O) groups is 3. The number of thiophene rings is 1. The maximum absolute atomic E-state index is 12.1. The maximum Gasteiger partial charge on any atom is 0.348 e. The molecule has 0 aliphatic carbocycles. The number of ether oxygens (including phenoxy) is 1. The van der Waals surface area contributed by atoms with E-state index in [0.717, 1.165) is 10.4 Å². The van der Waals surface area contributed by atoms with Crippen molar-refractivity contribution in [3.63, 3.8) is 0 Å². The van der Waals surface area contributed by atoms with Crippen LogP contribution in [0.2, 0.25) is 5.02 Å². The van der Waals surface area contributed by atoms with Gasteiger partial charge in [-0.15, -0.1) is 11.3 Å². The van der Waals surface area contributed by atoms with Crippen LogP contribution < -0.4 is 10.6 Å². The van der Waals surface area contributed by atoms with Crippen molar-refractivity contribution < 1.29 is 23.5 Å². The summed E-state index contributed by atoms with van der Waals surface area (Å²) in [5.74, 6) is -0.834. The Labute approximate surface area is 169 Å². The highest BCUT2D eigenvalue weighted by molar-refractivity contribution is 7.17. The highest BCUT2D eigenvalue weighted by Crippen LogP contribution is 2.29. The Morgan fingerprint density at radius 3 is 2.57 bits per heavy atom. The molecule has 2 aromatic heterocycles. The fourth-order valence-corrected chi connectivity index (χ4v) is 3.24. The van der Waals surface area contributed by atoms with Gasteiger partial charge in [-0.2, -0.15) is 0 Å². The topological polar surface area (TPSA) is 97.6 Å². The second kappa shape index (κ2) is 9.20. The molecule has 0 saturated carbocycles. The molecule has 0 atom stereocenters. The van der Waals surface area contributed by atoms with E-state index in [0.29, 0.717) is 15.7 Å². The molecule has 0 unspecified atom stereocenters. The smallest absolute Gasteiger partial charge is 0.348 e. The minimum atomic E-state index is -0.736. The Morgan fingerprint density at radius 2 is 1.86 bits per heavy atom. The molecule has 0 saturated heterocycles. The zero-order valence-electron chi connectivity index (χ0n) is 14.4. The van der Waals surface area contributed by atoms with E-state index in [2.05, 4.69) is 10.6 Å². The highest BCUT2D eigenvalue weighted by Gasteiger charge is 2.15. The number of imide groups is 1. The molecular weight excluding hydrogens is 404 g/mol. The average molecular weight is 419 g/mol. The van der Waals surface area contributed by atoms with E-state index in [1.54, 1.807) is 36.4 Å². The number of rotatable bonds is 6. The largest absolute Gasteiger partial charge is 0.467 e. The zero-order chi connectivity index (χ0) is 19.9. The van der Waals surface area contributed by atoms with Crippen LogP contribution in [0, 0.1) is 0 Å². The van der Waals surface area contributed by atoms with Crippen LogP contribution in [-0.2, 0) is 16.1 Å².